The molecule has 5 aromatic rings. The third kappa shape index (κ3) is 4.81. The van der Waals surface area contributed by atoms with Gasteiger partial charge < -0.3 is 0 Å². The number of benzene rings is 3. The number of allylic oxidation sites excluding steroid dienone is 2. The second kappa shape index (κ2) is 12.0. The fourth-order valence-electron chi connectivity index (χ4n) is 10.6. The Balaban J connectivity index is 1.05. The predicted octanol–water partition coefficient (Wildman–Crippen LogP) is 11.0. The molecular weight excluding hydrogens is 766 g/mol. The van der Waals surface area contributed by atoms with Gasteiger partial charge in [0.25, 0.3) is 0 Å². The van der Waals surface area contributed by atoms with Gasteiger partial charge in [0.2, 0.25) is 23.1 Å². The second-order valence-corrected chi connectivity index (χ2v) is 18.5. The molecule has 0 saturated heterocycles. The van der Waals surface area contributed by atoms with E-state index in [0.29, 0.717) is 21.7 Å². The van der Waals surface area contributed by atoms with E-state index in [4.69, 9.17) is 9.97 Å². The van der Waals surface area contributed by atoms with Crippen LogP contribution in [0.4, 0.5) is 13.2 Å². The molecule has 11 heteroatoms. The third-order valence-corrected chi connectivity index (χ3v) is 15.4. The number of Topliss-reactive ketones (excluding diaryl/α,β-unsaturated/α-hetero) is 4. The molecule has 0 aliphatic heterocycles. The van der Waals surface area contributed by atoms with Crippen LogP contribution < -0.4 is 0 Å². The lowest BCUT2D eigenvalue weighted by molar-refractivity contribution is -0.137. The molecule has 2 saturated carbocycles. The number of rotatable bonds is 2. The Morgan fingerprint density at radius 2 is 1.02 bits per heavy atom. The zero-order valence-corrected chi connectivity index (χ0v) is 32.5. The highest BCUT2D eigenvalue weighted by atomic mass is 32.1. The van der Waals surface area contributed by atoms with Gasteiger partial charge in [-0.1, -0.05) is 62.3 Å². The molecule has 6 aliphatic rings. The number of thiazole rings is 2. The van der Waals surface area contributed by atoms with Crippen molar-refractivity contribution in [3.63, 3.8) is 0 Å². The van der Waals surface area contributed by atoms with Crippen LogP contribution in [0, 0.1) is 6.92 Å². The van der Waals surface area contributed by atoms with Crippen molar-refractivity contribution >= 4 is 69.1 Å². The minimum Gasteiger partial charge on any atom is -0.285 e. The monoisotopic (exact) mass is 798 g/mol. The Kier molecular flexibility index (Phi) is 7.35. The van der Waals surface area contributed by atoms with Gasteiger partial charge in [-0.2, -0.15) is 13.2 Å². The number of halogens is 3. The van der Waals surface area contributed by atoms with Crippen molar-refractivity contribution in [2.24, 2.45) is 0 Å². The third-order valence-electron chi connectivity index (χ3n) is 13.3. The Labute approximate surface area is 333 Å². The van der Waals surface area contributed by atoms with Crippen LogP contribution in [0.25, 0.3) is 44.2 Å². The molecule has 2 aromatic heterocycles. The average molecular weight is 799 g/mol. The summed E-state index contributed by atoms with van der Waals surface area (Å²) in [5, 5.41) is 1.28. The number of aromatic nitrogens is 2. The minimum absolute atomic E-state index is 0.0766. The van der Waals surface area contributed by atoms with Gasteiger partial charge in [-0.05, 0) is 108 Å². The lowest BCUT2D eigenvalue weighted by Gasteiger charge is -2.36. The molecular formula is C46H33F3N2O4S2. The first-order valence-electron chi connectivity index (χ1n) is 19.5. The molecule has 284 valence electrons. The van der Waals surface area contributed by atoms with Crippen molar-refractivity contribution < 1.29 is 32.3 Å². The quantitative estimate of drug-likeness (QED) is 0.130. The highest BCUT2D eigenvalue weighted by Gasteiger charge is 2.52. The molecule has 2 fully saturated rings. The van der Waals surface area contributed by atoms with Gasteiger partial charge in [0.05, 0.1) is 26.7 Å². The number of aryl methyl sites for hydroxylation is 1. The van der Waals surface area contributed by atoms with Crippen LogP contribution in [0.2, 0.25) is 0 Å². The number of carbonyl (C=O) groups is 4. The molecule has 0 amide bonds. The predicted molar refractivity (Wildman–Crippen MR) is 213 cm³/mol. The number of hydrogen-bond donors (Lipinski definition) is 0. The van der Waals surface area contributed by atoms with Crippen molar-refractivity contribution in [3.8, 4) is 20.9 Å². The van der Waals surface area contributed by atoms with Crippen molar-refractivity contribution in [2.75, 3.05) is 0 Å². The lowest BCUT2D eigenvalue weighted by atomic mass is 9.67. The second-order valence-electron chi connectivity index (χ2n) is 16.4. The molecule has 3 aromatic carbocycles. The van der Waals surface area contributed by atoms with Crippen molar-refractivity contribution in [3.05, 3.63) is 114 Å². The smallest absolute Gasteiger partial charge is 0.285 e. The number of hydrogen-bond acceptors (Lipinski definition) is 8. The summed E-state index contributed by atoms with van der Waals surface area (Å²) in [7, 11) is 0. The van der Waals surface area contributed by atoms with Crippen LogP contribution in [0.3, 0.4) is 0 Å². The summed E-state index contributed by atoms with van der Waals surface area (Å²) in [5.74, 6) is -2.72. The minimum atomic E-state index is -4.64. The van der Waals surface area contributed by atoms with E-state index >= 15 is 0 Å². The van der Waals surface area contributed by atoms with Gasteiger partial charge >= 0.3 is 6.18 Å². The van der Waals surface area contributed by atoms with Crippen molar-refractivity contribution in [1.29, 1.82) is 0 Å². The van der Waals surface area contributed by atoms with Crippen LogP contribution in [-0.2, 0) is 26.6 Å². The van der Waals surface area contributed by atoms with Crippen molar-refractivity contribution in [1.82, 2.24) is 9.97 Å². The van der Waals surface area contributed by atoms with E-state index in [1.165, 1.54) is 34.1 Å². The standard InChI is InChI=1S/C46H33F3N2O4S2/c1-22-8-10-24-26(16-22)36(52)38(54)28(24)20-34-50-42-40(56-34)30-18-33-31(19-32(30)44(42)12-4-2-5-13-44)41-43(45(33)14-6-3-7-15-45)51-35(57-41)21-29-25-11-9-23(46(47,48)49)17-27(25)37(53)39(29)55/h8-11,16-21H,2-7,12-15H2,1H3/b28-20-,29-21-. The molecule has 57 heavy (non-hydrogen) atoms. The molecule has 0 radical (unpaired) electrons. The van der Waals surface area contributed by atoms with Gasteiger partial charge in [0.1, 0.15) is 10.0 Å². The summed E-state index contributed by atoms with van der Waals surface area (Å²) >= 11 is 3.07. The first kappa shape index (κ1) is 35.1. The van der Waals surface area contributed by atoms with Gasteiger partial charge in [0.15, 0.2) is 0 Å². The molecule has 6 aliphatic carbocycles. The van der Waals surface area contributed by atoms with E-state index in [1.54, 1.807) is 23.5 Å². The SMILES string of the molecule is Cc1ccc2c(c1)C(=O)C(=O)/C2=C\c1nc2c(s1)-c1cc3c(cc1C21CCCCC1)-c1sc(/C=C2\C(=O)C(=O)c4cc(C(F)(F)F)ccc42)nc1C31CCCCC1. The molecule has 0 bridgehead atoms. The Bertz CT molecular complexity index is 2790. The van der Waals surface area contributed by atoms with Crippen molar-refractivity contribution in [2.45, 2.75) is 88.1 Å². The fraction of sp³-hybridized carbons (Fsp3) is 0.304. The molecule has 2 heterocycles. The van der Waals surface area contributed by atoms with Crippen LogP contribution in [0.5, 0.6) is 0 Å². The maximum atomic E-state index is 13.5. The molecule has 6 nitrogen and oxygen atoms in total. The Morgan fingerprint density at radius 1 is 0.561 bits per heavy atom. The molecule has 0 atom stereocenters. The summed E-state index contributed by atoms with van der Waals surface area (Å²) in [6.45, 7) is 1.91. The first-order chi connectivity index (χ1) is 27.4. The number of fused-ring (bicyclic) bond motifs is 12. The normalized spacial score (nSPS) is 21.1. The average Bonchev–Trinajstić information content (AvgIpc) is 4.02. The van der Waals surface area contributed by atoms with E-state index in [-0.39, 0.29) is 27.5 Å². The lowest BCUT2D eigenvalue weighted by Crippen LogP contribution is -2.30. The van der Waals surface area contributed by atoms with Crippen LogP contribution in [0.1, 0.15) is 140 Å². The Hall–Kier alpha value is -5.13. The maximum Gasteiger partial charge on any atom is 0.416 e. The number of nitrogens with zero attached hydrogens (tertiary/aromatic N) is 2. The van der Waals surface area contributed by atoms with Gasteiger partial charge in [-0.3, -0.25) is 19.2 Å². The zero-order chi connectivity index (χ0) is 39.2. The van der Waals surface area contributed by atoms with Crippen LogP contribution >= 0.6 is 22.7 Å². The summed E-state index contributed by atoms with van der Waals surface area (Å²) < 4.78 is 40.5. The maximum absolute atomic E-state index is 13.5. The number of ketones is 4. The van der Waals surface area contributed by atoms with E-state index in [0.717, 1.165) is 114 Å². The summed E-state index contributed by atoms with van der Waals surface area (Å²) in [4.78, 5) is 65.1. The highest BCUT2D eigenvalue weighted by molar-refractivity contribution is 7.17. The number of carbonyl (C=O) groups excluding carboxylic acids is 4. The largest absolute Gasteiger partial charge is 0.416 e. The molecule has 0 N–H and O–H groups in total. The van der Waals surface area contributed by atoms with Gasteiger partial charge in [-0.15, -0.1) is 22.7 Å². The summed E-state index contributed by atoms with van der Waals surface area (Å²) in [5.41, 5.74) is 7.78. The van der Waals surface area contributed by atoms with E-state index in [1.807, 2.05) is 25.1 Å². The highest BCUT2D eigenvalue weighted by Crippen LogP contribution is 2.63. The van der Waals surface area contributed by atoms with E-state index in [9.17, 15) is 32.3 Å². The summed E-state index contributed by atoms with van der Waals surface area (Å²) in [6, 6.07) is 13.2. The van der Waals surface area contributed by atoms with E-state index < -0.39 is 34.9 Å². The number of alkyl halides is 3. The molecule has 11 rings (SSSR count). The molecule has 2 spiro atoms. The van der Waals surface area contributed by atoms with E-state index in [2.05, 4.69) is 12.1 Å². The fourth-order valence-corrected chi connectivity index (χ4v) is 12.9. The topological polar surface area (TPSA) is 94.1 Å². The summed E-state index contributed by atoms with van der Waals surface area (Å²) in [6.07, 6.45) is 8.97. The van der Waals surface area contributed by atoms with Gasteiger partial charge in [0, 0.05) is 33.1 Å². The first-order valence-corrected chi connectivity index (χ1v) is 21.2. The Morgan fingerprint density at radius 3 is 1.49 bits per heavy atom. The zero-order valence-electron chi connectivity index (χ0n) is 30.8. The molecule has 0 unspecified atom stereocenters. The van der Waals surface area contributed by atoms with Crippen LogP contribution in [0.15, 0.2) is 48.5 Å². The van der Waals surface area contributed by atoms with Crippen LogP contribution in [-0.4, -0.2) is 33.1 Å². The van der Waals surface area contributed by atoms with Gasteiger partial charge in [-0.25, -0.2) is 9.97 Å².